The summed E-state index contributed by atoms with van der Waals surface area (Å²) in [7, 11) is 0. The number of aromatic nitrogens is 3. The van der Waals surface area contributed by atoms with Crippen molar-refractivity contribution in [2.75, 3.05) is 0 Å². The Bertz CT molecular complexity index is 912. The Balaban J connectivity index is 1.41. The first-order valence-electron chi connectivity index (χ1n) is 9.81. The third kappa shape index (κ3) is 3.05. The molecular weight excluding hydrogens is 339 g/mol. The number of aromatic amines is 1. The fourth-order valence-corrected chi connectivity index (χ4v) is 4.64. The molecule has 0 aliphatic heterocycles. The van der Waals surface area contributed by atoms with Gasteiger partial charge in [-0.15, -0.1) is 0 Å². The van der Waals surface area contributed by atoms with Crippen LogP contribution in [-0.4, -0.2) is 21.4 Å². The van der Waals surface area contributed by atoms with Crippen LogP contribution in [0.4, 0.5) is 4.39 Å². The Morgan fingerprint density at radius 1 is 1.26 bits per heavy atom. The predicted molar refractivity (Wildman–Crippen MR) is 104 cm³/mol. The van der Waals surface area contributed by atoms with E-state index >= 15 is 0 Å². The standard InChI is InChI=1S/C22H23FN4/c23-18-4-1-15(2-5-18)22-21(14-7-9-24-10-8-14)20(26-27-22)13-25-12-17-11-16-3-6-19(16)17/h1,4-5,7-10,12,15-17,19H,2-3,6,11,13H2,(H,26,27). The number of nitrogens with one attached hydrogen (secondary N) is 1. The first-order chi connectivity index (χ1) is 13.3. The summed E-state index contributed by atoms with van der Waals surface area (Å²) in [6, 6.07) is 3.99. The number of hydrogen-bond acceptors (Lipinski definition) is 3. The molecule has 5 heteroatoms. The second kappa shape index (κ2) is 6.87. The largest absolute Gasteiger partial charge is 0.291 e. The molecular formula is C22H23FN4. The molecule has 4 atom stereocenters. The number of H-pyrrole nitrogens is 1. The molecule has 2 heterocycles. The minimum absolute atomic E-state index is 0.0732. The van der Waals surface area contributed by atoms with Crippen molar-refractivity contribution < 1.29 is 4.39 Å². The SMILES string of the molecule is FC1=CCC(c2n[nH]c(CN=CC3CC4CCC34)c2-c2ccncc2)C=C1. The van der Waals surface area contributed by atoms with Crippen LogP contribution in [-0.2, 0) is 6.54 Å². The topological polar surface area (TPSA) is 53.9 Å². The van der Waals surface area contributed by atoms with Gasteiger partial charge < -0.3 is 0 Å². The molecule has 0 spiro atoms. The molecule has 1 N–H and O–H groups in total. The number of halogens is 1. The molecule has 27 heavy (non-hydrogen) atoms. The van der Waals surface area contributed by atoms with Crippen molar-refractivity contribution in [3.8, 4) is 11.1 Å². The second-order valence-corrected chi connectivity index (χ2v) is 7.88. The minimum atomic E-state index is -0.174. The average Bonchev–Trinajstić information content (AvgIpc) is 3.10. The Morgan fingerprint density at radius 3 is 2.81 bits per heavy atom. The van der Waals surface area contributed by atoms with E-state index in [0.717, 1.165) is 34.4 Å². The molecule has 2 fully saturated rings. The fourth-order valence-electron chi connectivity index (χ4n) is 4.64. The van der Waals surface area contributed by atoms with Gasteiger partial charge in [-0.2, -0.15) is 5.10 Å². The average molecular weight is 362 g/mol. The monoisotopic (exact) mass is 362 g/mol. The highest BCUT2D eigenvalue weighted by atomic mass is 19.1. The molecule has 138 valence electrons. The highest BCUT2D eigenvalue weighted by Crippen LogP contribution is 2.53. The first-order valence-corrected chi connectivity index (χ1v) is 9.81. The number of fused-ring (bicyclic) bond motifs is 1. The van der Waals surface area contributed by atoms with Crippen LogP contribution in [0, 0.1) is 17.8 Å². The van der Waals surface area contributed by atoms with Crippen molar-refractivity contribution in [3.63, 3.8) is 0 Å². The summed E-state index contributed by atoms with van der Waals surface area (Å²) in [5.41, 5.74) is 4.12. The van der Waals surface area contributed by atoms with Gasteiger partial charge >= 0.3 is 0 Å². The van der Waals surface area contributed by atoms with E-state index in [-0.39, 0.29) is 11.7 Å². The van der Waals surface area contributed by atoms with Gasteiger partial charge in [-0.3, -0.25) is 15.1 Å². The van der Waals surface area contributed by atoms with Crippen molar-refractivity contribution in [2.45, 2.75) is 38.1 Å². The molecule has 4 nitrogen and oxygen atoms in total. The summed E-state index contributed by atoms with van der Waals surface area (Å²) in [6.07, 6.45) is 15.5. The van der Waals surface area contributed by atoms with E-state index in [9.17, 15) is 4.39 Å². The maximum absolute atomic E-state index is 13.4. The zero-order valence-electron chi connectivity index (χ0n) is 15.2. The van der Waals surface area contributed by atoms with Crippen LogP contribution in [0.2, 0.25) is 0 Å². The van der Waals surface area contributed by atoms with Crippen LogP contribution in [0.15, 0.2) is 53.6 Å². The Morgan fingerprint density at radius 2 is 2.15 bits per heavy atom. The maximum Gasteiger partial charge on any atom is 0.118 e. The number of aliphatic imine (C=N–C) groups is 1. The summed E-state index contributed by atoms with van der Waals surface area (Å²) in [5, 5.41) is 7.78. The fraction of sp³-hybridized carbons (Fsp3) is 0.409. The molecule has 0 amide bonds. The van der Waals surface area contributed by atoms with E-state index in [2.05, 4.69) is 21.4 Å². The van der Waals surface area contributed by atoms with Gasteiger partial charge in [-0.05, 0) is 73.3 Å². The molecule has 0 radical (unpaired) electrons. The third-order valence-electron chi connectivity index (χ3n) is 6.39. The molecule has 0 bridgehead atoms. The van der Waals surface area contributed by atoms with Gasteiger partial charge in [0, 0.05) is 30.1 Å². The van der Waals surface area contributed by atoms with Crippen molar-refractivity contribution in [1.29, 1.82) is 0 Å². The lowest BCUT2D eigenvalue weighted by Gasteiger charge is -2.51. The van der Waals surface area contributed by atoms with Gasteiger partial charge in [0.25, 0.3) is 0 Å². The van der Waals surface area contributed by atoms with E-state index in [0.29, 0.717) is 18.9 Å². The van der Waals surface area contributed by atoms with Crippen molar-refractivity contribution in [2.24, 2.45) is 22.7 Å². The number of rotatable bonds is 5. The van der Waals surface area contributed by atoms with Crippen molar-refractivity contribution in [3.05, 3.63) is 60.0 Å². The summed E-state index contributed by atoms with van der Waals surface area (Å²) in [5.74, 6) is 2.43. The maximum atomic E-state index is 13.4. The van der Waals surface area contributed by atoms with Crippen LogP contribution in [0.25, 0.3) is 11.1 Å². The van der Waals surface area contributed by atoms with Gasteiger partial charge in [-0.25, -0.2) is 4.39 Å². The van der Waals surface area contributed by atoms with Crippen LogP contribution < -0.4 is 0 Å². The Labute approximate surface area is 158 Å². The molecule has 5 rings (SSSR count). The minimum Gasteiger partial charge on any atom is -0.291 e. The zero-order valence-corrected chi connectivity index (χ0v) is 15.2. The number of nitrogens with zero attached hydrogens (tertiary/aromatic N) is 3. The van der Waals surface area contributed by atoms with Crippen LogP contribution >= 0.6 is 0 Å². The van der Waals surface area contributed by atoms with Crippen molar-refractivity contribution in [1.82, 2.24) is 15.2 Å². The molecule has 0 aromatic carbocycles. The van der Waals surface area contributed by atoms with Gasteiger partial charge in [0.1, 0.15) is 5.83 Å². The second-order valence-electron chi connectivity index (χ2n) is 7.88. The van der Waals surface area contributed by atoms with Crippen molar-refractivity contribution >= 4 is 6.21 Å². The molecule has 0 saturated heterocycles. The quantitative estimate of drug-likeness (QED) is 0.762. The molecule has 3 aliphatic rings. The third-order valence-corrected chi connectivity index (χ3v) is 6.39. The zero-order chi connectivity index (χ0) is 18.2. The Kier molecular flexibility index (Phi) is 4.23. The molecule has 3 aliphatic carbocycles. The lowest BCUT2D eigenvalue weighted by atomic mass is 9.54. The highest BCUT2D eigenvalue weighted by Gasteiger charge is 2.45. The number of hydrogen-bond donors (Lipinski definition) is 1. The van der Waals surface area contributed by atoms with Gasteiger partial charge in [0.15, 0.2) is 0 Å². The first kappa shape index (κ1) is 16.6. The number of pyridine rings is 1. The predicted octanol–water partition coefficient (Wildman–Crippen LogP) is 4.99. The Hall–Kier alpha value is -2.56. The van der Waals surface area contributed by atoms with Gasteiger partial charge in [0.2, 0.25) is 0 Å². The van der Waals surface area contributed by atoms with E-state index in [1.165, 1.54) is 25.3 Å². The van der Waals surface area contributed by atoms with E-state index in [1.807, 2.05) is 18.2 Å². The highest BCUT2D eigenvalue weighted by molar-refractivity contribution is 5.70. The van der Waals surface area contributed by atoms with Crippen LogP contribution in [0.3, 0.4) is 0 Å². The van der Waals surface area contributed by atoms with Crippen LogP contribution in [0.5, 0.6) is 0 Å². The van der Waals surface area contributed by atoms with Gasteiger partial charge in [0.05, 0.1) is 17.9 Å². The lowest BCUT2D eigenvalue weighted by molar-refractivity contribution is 0.0165. The van der Waals surface area contributed by atoms with Gasteiger partial charge in [-0.1, -0.05) is 6.08 Å². The summed E-state index contributed by atoms with van der Waals surface area (Å²) in [6.45, 7) is 0.596. The number of allylic oxidation sites excluding steroid dienone is 4. The smallest absolute Gasteiger partial charge is 0.118 e. The summed E-state index contributed by atoms with van der Waals surface area (Å²) >= 11 is 0. The van der Waals surface area contributed by atoms with E-state index in [1.54, 1.807) is 18.5 Å². The van der Waals surface area contributed by atoms with E-state index in [4.69, 9.17) is 4.99 Å². The molecule has 2 aromatic rings. The molecule has 2 aromatic heterocycles. The molecule has 2 saturated carbocycles. The van der Waals surface area contributed by atoms with Crippen LogP contribution in [0.1, 0.15) is 43.0 Å². The lowest BCUT2D eigenvalue weighted by Crippen LogP contribution is -2.45. The normalized spacial score (nSPS) is 29.1. The summed E-state index contributed by atoms with van der Waals surface area (Å²) < 4.78 is 13.4. The summed E-state index contributed by atoms with van der Waals surface area (Å²) in [4.78, 5) is 8.87. The molecule has 4 unspecified atom stereocenters. The van der Waals surface area contributed by atoms with E-state index < -0.39 is 0 Å².